The molecule has 1 unspecified atom stereocenters. The first-order valence-electron chi connectivity index (χ1n) is 12.1. The highest BCUT2D eigenvalue weighted by Gasteiger charge is 2.33. The van der Waals surface area contributed by atoms with E-state index in [9.17, 15) is 4.39 Å². The molecule has 200 valence electrons. The molecule has 0 radical (unpaired) electrons. The summed E-state index contributed by atoms with van der Waals surface area (Å²) >= 11 is 0. The largest absolute Gasteiger partial charge is 0.397 e. The second-order valence-electron chi connectivity index (χ2n) is 8.46. The molecule has 3 nitrogen and oxygen atoms in total. The van der Waals surface area contributed by atoms with Gasteiger partial charge in [-0.3, -0.25) is 4.99 Å². The molecule has 0 saturated heterocycles. The third-order valence-corrected chi connectivity index (χ3v) is 6.16. The number of rotatable bonds is 15. The first-order chi connectivity index (χ1) is 18.0. The predicted molar refractivity (Wildman–Crippen MR) is 167 cm³/mol. The van der Waals surface area contributed by atoms with Gasteiger partial charge in [-0.2, -0.15) is 0 Å². The summed E-state index contributed by atoms with van der Waals surface area (Å²) in [5.41, 5.74) is 11.8. The highest BCUT2D eigenvalue weighted by Crippen LogP contribution is 2.41. The van der Waals surface area contributed by atoms with Gasteiger partial charge in [-0.05, 0) is 63.3 Å². The van der Waals surface area contributed by atoms with Crippen LogP contribution in [0.15, 0.2) is 150 Å². The van der Waals surface area contributed by atoms with E-state index in [1.54, 1.807) is 43.6 Å². The summed E-state index contributed by atoms with van der Waals surface area (Å²) in [6.45, 7) is 26.5. The van der Waals surface area contributed by atoms with Crippen LogP contribution in [0.25, 0.3) is 0 Å². The number of hydrogen-bond donors (Lipinski definition) is 2. The van der Waals surface area contributed by atoms with Gasteiger partial charge in [0.15, 0.2) is 0 Å². The van der Waals surface area contributed by atoms with Gasteiger partial charge in [-0.15, -0.1) is 6.42 Å². The Balaban J connectivity index is 7.40. The molecule has 1 atom stereocenters. The number of nitrogens with zero attached hydrogens (tertiary/aromatic N) is 1. The first kappa shape index (κ1) is 33.6. The second-order valence-corrected chi connectivity index (χ2v) is 8.46. The Morgan fingerprint density at radius 2 is 1.61 bits per heavy atom. The van der Waals surface area contributed by atoms with Crippen LogP contribution >= 0.6 is 0 Å². The van der Waals surface area contributed by atoms with Gasteiger partial charge in [0.05, 0.1) is 11.1 Å². The molecule has 0 aliphatic carbocycles. The highest BCUT2D eigenvalue weighted by atomic mass is 19.1. The summed E-state index contributed by atoms with van der Waals surface area (Å²) in [6.07, 6.45) is 24.7. The van der Waals surface area contributed by atoms with E-state index in [2.05, 4.69) is 49.1 Å². The average Bonchev–Trinajstić information content (AvgIpc) is 2.92. The van der Waals surface area contributed by atoms with Crippen molar-refractivity contribution in [2.24, 2.45) is 16.1 Å². The number of allylic oxidation sites excluding steroid dienone is 17. The highest BCUT2D eigenvalue weighted by molar-refractivity contribution is 6.04. The van der Waals surface area contributed by atoms with E-state index < -0.39 is 11.2 Å². The third kappa shape index (κ3) is 9.26. The summed E-state index contributed by atoms with van der Waals surface area (Å²) in [6, 6.07) is 0. The Morgan fingerprint density at radius 3 is 2.08 bits per heavy atom. The number of halogens is 1. The van der Waals surface area contributed by atoms with Gasteiger partial charge in [0.1, 0.15) is 5.83 Å². The zero-order valence-corrected chi connectivity index (χ0v) is 23.6. The maximum absolute atomic E-state index is 13.9. The molecule has 0 aromatic carbocycles. The average molecular weight is 512 g/mol. The Labute approximate surface area is 229 Å². The molecule has 4 heteroatoms. The van der Waals surface area contributed by atoms with Crippen LogP contribution in [-0.4, -0.2) is 12.8 Å². The third-order valence-electron chi connectivity index (χ3n) is 6.16. The summed E-state index contributed by atoms with van der Waals surface area (Å²) in [5, 5.41) is 3.16. The Morgan fingerprint density at radius 1 is 0.974 bits per heavy atom. The number of nitrogens with one attached hydrogen (secondary N) is 1. The zero-order valence-electron chi connectivity index (χ0n) is 23.6. The van der Waals surface area contributed by atoms with Crippen LogP contribution < -0.4 is 11.1 Å². The molecule has 0 amide bonds. The van der Waals surface area contributed by atoms with E-state index in [0.717, 1.165) is 39.7 Å². The molecule has 0 bridgehead atoms. The SMILES string of the molecule is C#CC(C\C(NC=C)=C(N)/C=C(C=C)\C(C(\C)=N/C)=C(/C)C=C)(/C(C)=C/C=C\C=C)/C(C)=C/C=C(/F)C=C. The minimum atomic E-state index is -0.932. The van der Waals surface area contributed by atoms with Crippen molar-refractivity contribution in [1.29, 1.82) is 0 Å². The molecule has 0 spiro atoms. The van der Waals surface area contributed by atoms with Crippen molar-refractivity contribution >= 4 is 5.71 Å². The summed E-state index contributed by atoms with van der Waals surface area (Å²) in [7, 11) is 1.73. The van der Waals surface area contributed by atoms with E-state index in [1.165, 1.54) is 6.08 Å². The fourth-order valence-electron chi connectivity index (χ4n) is 3.75. The number of hydrogen-bond acceptors (Lipinski definition) is 3. The van der Waals surface area contributed by atoms with Gasteiger partial charge >= 0.3 is 0 Å². The molecule has 0 fully saturated rings. The predicted octanol–water partition coefficient (Wildman–Crippen LogP) is 8.28. The van der Waals surface area contributed by atoms with Crippen LogP contribution in [-0.2, 0) is 0 Å². The lowest BCUT2D eigenvalue weighted by Crippen LogP contribution is -2.27. The van der Waals surface area contributed by atoms with Gasteiger partial charge in [-0.1, -0.05) is 92.5 Å². The number of nitrogens with two attached hydrogens (primary N) is 1. The molecule has 0 rings (SSSR count). The second kappa shape index (κ2) is 17.2. The maximum atomic E-state index is 13.9. The molecular weight excluding hydrogens is 469 g/mol. The van der Waals surface area contributed by atoms with Crippen molar-refractivity contribution < 1.29 is 4.39 Å². The lowest BCUT2D eigenvalue weighted by atomic mass is 9.71. The van der Waals surface area contributed by atoms with E-state index >= 15 is 0 Å². The van der Waals surface area contributed by atoms with Gasteiger partial charge in [0.2, 0.25) is 0 Å². The van der Waals surface area contributed by atoms with Crippen LogP contribution in [0.2, 0.25) is 0 Å². The monoisotopic (exact) mass is 511 g/mol. The lowest BCUT2D eigenvalue weighted by molar-refractivity contribution is 0.547. The fraction of sp³-hybridized carbons (Fsp3) is 0.206. The van der Waals surface area contributed by atoms with Crippen LogP contribution in [0.5, 0.6) is 0 Å². The molecule has 0 heterocycles. The van der Waals surface area contributed by atoms with Crippen molar-refractivity contribution in [2.75, 3.05) is 7.05 Å². The molecular formula is C34H42FN3. The van der Waals surface area contributed by atoms with Crippen LogP contribution in [0.1, 0.15) is 34.1 Å². The van der Waals surface area contributed by atoms with E-state index in [0.29, 0.717) is 17.8 Å². The van der Waals surface area contributed by atoms with Crippen LogP contribution in [0.3, 0.4) is 0 Å². The van der Waals surface area contributed by atoms with Gasteiger partial charge in [-0.25, -0.2) is 4.39 Å². The van der Waals surface area contributed by atoms with E-state index in [4.69, 9.17) is 12.2 Å². The Hall–Kier alpha value is -4.36. The van der Waals surface area contributed by atoms with Crippen molar-refractivity contribution in [3.63, 3.8) is 0 Å². The van der Waals surface area contributed by atoms with Crippen LogP contribution in [0, 0.1) is 17.8 Å². The molecule has 0 aromatic rings. The molecule has 38 heavy (non-hydrogen) atoms. The molecule has 0 aromatic heterocycles. The molecule has 0 saturated carbocycles. The van der Waals surface area contributed by atoms with Crippen LogP contribution in [0.4, 0.5) is 4.39 Å². The molecule has 0 aliphatic rings. The smallest absolute Gasteiger partial charge is 0.122 e. The topological polar surface area (TPSA) is 50.4 Å². The Kier molecular flexibility index (Phi) is 15.2. The molecule has 3 N–H and O–H groups in total. The van der Waals surface area contributed by atoms with E-state index in [-0.39, 0.29) is 0 Å². The fourth-order valence-corrected chi connectivity index (χ4v) is 3.75. The minimum Gasteiger partial charge on any atom is -0.397 e. The van der Waals surface area contributed by atoms with Gasteiger partial charge in [0.25, 0.3) is 0 Å². The summed E-state index contributed by atoms with van der Waals surface area (Å²) < 4.78 is 13.9. The number of terminal acetylenes is 1. The van der Waals surface area contributed by atoms with Crippen molar-refractivity contribution in [2.45, 2.75) is 34.1 Å². The lowest BCUT2D eigenvalue weighted by Gasteiger charge is -2.32. The zero-order chi connectivity index (χ0) is 29.3. The van der Waals surface area contributed by atoms with Crippen molar-refractivity contribution in [3.05, 3.63) is 145 Å². The summed E-state index contributed by atoms with van der Waals surface area (Å²) in [5.74, 6) is 2.49. The standard InChI is InChI=1S/C34H42FN3/c1-12-18-19-20-26(8)34(16-5,27(9)21-22-30(35)15-4)24-32(38-17-6)31(36)23-29(14-3)33(25(7)13-2)28(10)37-11/h5,12-15,17-23,38H,1-4,6,24,36H2,7-11H3/b19-18-,26-20+,27-21+,29-23-,30-22+,32-31-,33-25+,37-28-. The maximum Gasteiger partial charge on any atom is 0.122 e. The molecule has 0 aliphatic heterocycles. The Bertz CT molecular complexity index is 1220. The van der Waals surface area contributed by atoms with Gasteiger partial charge in [0, 0.05) is 30.5 Å². The quantitative estimate of drug-likeness (QED) is 0.132. The normalized spacial score (nSPS) is 16.5. The first-order valence-corrected chi connectivity index (χ1v) is 12.1. The number of aliphatic imine (C=N–C) groups is 1. The van der Waals surface area contributed by atoms with Crippen molar-refractivity contribution in [3.8, 4) is 12.3 Å². The minimum absolute atomic E-state index is 0.290. The van der Waals surface area contributed by atoms with E-state index in [1.807, 2.05) is 45.9 Å². The summed E-state index contributed by atoms with van der Waals surface area (Å²) in [4.78, 5) is 4.35. The van der Waals surface area contributed by atoms with Gasteiger partial charge < -0.3 is 11.1 Å². The van der Waals surface area contributed by atoms with Crippen molar-refractivity contribution in [1.82, 2.24) is 5.32 Å².